The molecule has 1 aliphatic carbocycles. The quantitative estimate of drug-likeness (QED) is 0.740. The normalized spacial score (nSPS) is 13.7. The van der Waals surface area contributed by atoms with E-state index < -0.39 is 11.6 Å². The Morgan fingerprint density at radius 1 is 0.857 bits per heavy atom. The number of hydrogen-bond donors (Lipinski definition) is 1. The fourth-order valence-corrected chi connectivity index (χ4v) is 3.53. The maximum absolute atomic E-state index is 13.0. The molecule has 140 valence electrons. The Morgan fingerprint density at radius 3 is 2.07 bits per heavy atom. The molecule has 1 aromatic heterocycles. The molecule has 0 amide bonds. The lowest BCUT2D eigenvalue weighted by molar-refractivity contribution is 0.0982. The molecule has 7 heteroatoms. The first-order valence-electron chi connectivity index (χ1n) is 8.61. The number of para-hydroxylation sites is 1. The van der Waals surface area contributed by atoms with Gasteiger partial charge in [-0.15, -0.1) is 0 Å². The second-order valence-corrected chi connectivity index (χ2v) is 6.83. The highest BCUT2D eigenvalue weighted by atomic mass is 35.5. The average molecular weight is 394 g/mol. The maximum Gasteiger partial charge on any atom is 0.295 e. The molecule has 4 rings (SSSR count). The van der Waals surface area contributed by atoms with E-state index >= 15 is 0 Å². The number of fused-ring (bicyclic) bond motifs is 1. The minimum Gasteiger partial charge on any atom is -0.345 e. The number of nitrogens with one attached hydrogen (secondary N) is 1. The van der Waals surface area contributed by atoms with E-state index in [4.69, 9.17) is 11.6 Å². The summed E-state index contributed by atoms with van der Waals surface area (Å²) in [5, 5.41) is 2.62. The van der Waals surface area contributed by atoms with Gasteiger partial charge in [0.05, 0.1) is 11.4 Å². The van der Waals surface area contributed by atoms with Crippen molar-refractivity contribution in [1.82, 2.24) is 9.36 Å². The smallest absolute Gasteiger partial charge is 0.295 e. The Labute approximate surface area is 165 Å². The number of carbonyl (C=O) groups is 2. The van der Waals surface area contributed by atoms with Crippen LogP contribution in [0.2, 0.25) is 0 Å². The third-order valence-corrected chi connectivity index (χ3v) is 5.23. The van der Waals surface area contributed by atoms with Crippen molar-refractivity contribution in [2.75, 3.05) is 5.32 Å². The molecule has 0 bridgehead atoms. The molecule has 3 aromatic rings. The van der Waals surface area contributed by atoms with Crippen molar-refractivity contribution in [3.05, 3.63) is 92.5 Å². The lowest BCUT2D eigenvalue weighted by Gasteiger charge is -2.18. The Balaban J connectivity index is 1.83. The molecule has 1 heterocycles. The molecule has 0 saturated carbocycles. The highest BCUT2D eigenvalue weighted by Crippen LogP contribution is 2.29. The van der Waals surface area contributed by atoms with Gasteiger partial charge in [0.25, 0.3) is 5.56 Å². The summed E-state index contributed by atoms with van der Waals surface area (Å²) in [6.07, 6.45) is 0. The van der Waals surface area contributed by atoms with Crippen LogP contribution in [0.1, 0.15) is 26.4 Å². The highest BCUT2D eigenvalue weighted by Gasteiger charge is 2.32. The molecular weight excluding hydrogens is 378 g/mol. The van der Waals surface area contributed by atoms with Crippen molar-refractivity contribution in [1.29, 1.82) is 0 Å². The van der Waals surface area contributed by atoms with E-state index in [1.807, 2.05) is 30.3 Å². The van der Waals surface area contributed by atoms with Gasteiger partial charge in [0.2, 0.25) is 11.6 Å². The highest BCUT2D eigenvalue weighted by molar-refractivity contribution is 6.50. The molecule has 1 N–H and O–H groups in total. The van der Waals surface area contributed by atoms with E-state index in [1.54, 1.807) is 42.9 Å². The molecule has 1 aliphatic rings. The van der Waals surface area contributed by atoms with Crippen LogP contribution >= 0.6 is 11.6 Å². The number of aromatic nitrogens is 2. The van der Waals surface area contributed by atoms with E-state index in [9.17, 15) is 14.4 Å². The van der Waals surface area contributed by atoms with E-state index in [-0.39, 0.29) is 33.1 Å². The number of halogens is 1. The van der Waals surface area contributed by atoms with Crippen molar-refractivity contribution in [3.8, 4) is 5.69 Å². The Kier molecular flexibility index (Phi) is 4.28. The lowest BCUT2D eigenvalue weighted by Crippen LogP contribution is -2.26. The first kappa shape index (κ1) is 18.0. The molecule has 0 radical (unpaired) electrons. The number of carbonyl (C=O) groups excluding carboxylic acids is 2. The number of Topliss-reactive ketones (excluding diaryl/α,β-unsaturated/α-hetero) is 2. The number of allylic oxidation sites excluding steroid dienone is 2. The summed E-state index contributed by atoms with van der Waals surface area (Å²) < 4.78 is 3.16. The van der Waals surface area contributed by atoms with Crippen LogP contribution in [0, 0.1) is 6.92 Å². The van der Waals surface area contributed by atoms with Gasteiger partial charge in [-0.3, -0.25) is 19.1 Å². The average Bonchev–Trinajstić information content (AvgIpc) is 2.93. The van der Waals surface area contributed by atoms with E-state index in [2.05, 4.69) is 5.32 Å². The van der Waals surface area contributed by atoms with Gasteiger partial charge in [-0.25, -0.2) is 4.68 Å². The second-order valence-electron chi connectivity index (χ2n) is 6.45. The third kappa shape index (κ3) is 2.61. The monoisotopic (exact) mass is 393 g/mol. The van der Waals surface area contributed by atoms with Gasteiger partial charge < -0.3 is 5.32 Å². The summed E-state index contributed by atoms with van der Waals surface area (Å²) >= 11 is 6.21. The van der Waals surface area contributed by atoms with Crippen molar-refractivity contribution in [2.45, 2.75) is 6.92 Å². The summed E-state index contributed by atoms with van der Waals surface area (Å²) in [5.41, 5.74) is 1.57. The van der Waals surface area contributed by atoms with Crippen LogP contribution in [0.3, 0.4) is 0 Å². The molecule has 6 nitrogen and oxygen atoms in total. The van der Waals surface area contributed by atoms with Crippen molar-refractivity contribution >= 4 is 28.9 Å². The summed E-state index contributed by atoms with van der Waals surface area (Å²) in [6.45, 7) is 1.75. The van der Waals surface area contributed by atoms with Gasteiger partial charge in [-0.05, 0) is 19.1 Å². The molecule has 0 saturated heterocycles. The first-order valence-corrected chi connectivity index (χ1v) is 8.99. The van der Waals surface area contributed by atoms with Gasteiger partial charge in [0.1, 0.15) is 16.4 Å². The predicted molar refractivity (Wildman–Crippen MR) is 107 cm³/mol. The summed E-state index contributed by atoms with van der Waals surface area (Å²) in [4.78, 5) is 38.5. The second kappa shape index (κ2) is 6.65. The summed E-state index contributed by atoms with van der Waals surface area (Å²) in [5.74, 6) is -0.870. The molecule has 0 spiro atoms. The number of benzene rings is 2. The molecule has 0 aliphatic heterocycles. The van der Waals surface area contributed by atoms with Crippen LogP contribution in [0.15, 0.2) is 70.1 Å². The molecule has 2 aromatic carbocycles. The van der Waals surface area contributed by atoms with Crippen LogP contribution in [0.25, 0.3) is 5.69 Å². The fourth-order valence-electron chi connectivity index (χ4n) is 3.29. The van der Waals surface area contributed by atoms with Gasteiger partial charge in [-0.1, -0.05) is 54.1 Å². The number of ketones is 2. The summed E-state index contributed by atoms with van der Waals surface area (Å²) in [7, 11) is 1.74. The first-order chi connectivity index (χ1) is 13.4. The number of nitrogens with zero attached hydrogens (tertiary/aromatic N) is 2. The Bertz CT molecular complexity index is 1220. The van der Waals surface area contributed by atoms with Crippen LogP contribution < -0.4 is 10.9 Å². The van der Waals surface area contributed by atoms with Gasteiger partial charge in [-0.2, -0.15) is 0 Å². The lowest BCUT2D eigenvalue weighted by atomic mass is 9.92. The van der Waals surface area contributed by atoms with Gasteiger partial charge in [0.15, 0.2) is 0 Å². The molecule has 0 atom stereocenters. The van der Waals surface area contributed by atoms with Crippen molar-refractivity contribution < 1.29 is 9.59 Å². The summed E-state index contributed by atoms with van der Waals surface area (Å²) in [6, 6.07) is 15.6. The SMILES string of the molecule is Cc1c(NC2=C(Cl)C(=O)c3ccccc3C2=O)c(=O)n(-c2ccccc2)n1C. The molecule has 0 fully saturated rings. The minimum absolute atomic E-state index is 0.0867. The van der Waals surface area contributed by atoms with Crippen LogP contribution in [-0.2, 0) is 7.05 Å². The minimum atomic E-state index is -0.448. The van der Waals surface area contributed by atoms with Crippen LogP contribution in [-0.4, -0.2) is 20.9 Å². The number of hydrogen-bond acceptors (Lipinski definition) is 4. The number of rotatable bonds is 3. The van der Waals surface area contributed by atoms with Crippen molar-refractivity contribution in [3.63, 3.8) is 0 Å². The van der Waals surface area contributed by atoms with Crippen molar-refractivity contribution in [2.24, 2.45) is 7.05 Å². The van der Waals surface area contributed by atoms with Crippen LogP contribution in [0.5, 0.6) is 0 Å². The largest absolute Gasteiger partial charge is 0.345 e. The van der Waals surface area contributed by atoms with E-state index in [1.165, 1.54) is 4.68 Å². The number of anilines is 1. The fraction of sp³-hybridized carbons (Fsp3) is 0.0952. The zero-order valence-electron chi connectivity index (χ0n) is 15.2. The zero-order chi connectivity index (χ0) is 20.0. The third-order valence-electron chi connectivity index (χ3n) is 4.87. The zero-order valence-corrected chi connectivity index (χ0v) is 15.9. The van der Waals surface area contributed by atoms with E-state index in [0.29, 0.717) is 11.4 Å². The Morgan fingerprint density at radius 2 is 1.43 bits per heavy atom. The van der Waals surface area contributed by atoms with Gasteiger partial charge in [0, 0.05) is 18.2 Å². The standard InChI is InChI=1S/C21H16ClN3O3/c1-12-17(21(28)25(24(12)2)13-8-4-3-5-9-13)23-18-16(22)19(26)14-10-6-7-11-15(14)20(18)27/h3-11,23H,1-2H3. The molecule has 0 unspecified atom stereocenters. The maximum atomic E-state index is 13.0. The predicted octanol–water partition coefficient (Wildman–Crippen LogP) is 3.43. The topological polar surface area (TPSA) is 73.1 Å². The van der Waals surface area contributed by atoms with E-state index in [0.717, 1.165) is 0 Å². The van der Waals surface area contributed by atoms with Crippen LogP contribution in [0.4, 0.5) is 5.69 Å². The molecular formula is C21H16ClN3O3. The Hall–Kier alpha value is -3.38. The molecule has 28 heavy (non-hydrogen) atoms. The van der Waals surface area contributed by atoms with Gasteiger partial charge >= 0.3 is 0 Å².